The van der Waals surface area contributed by atoms with Gasteiger partial charge in [0.15, 0.2) is 0 Å². The summed E-state index contributed by atoms with van der Waals surface area (Å²) in [5.74, 6) is 0.178. The van der Waals surface area contributed by atoms with Gasteiger partial charge in [-0.05, 0) is 24.8 Å². The summed E-state index contributed by atoms with van der Waals surface area (Å²) in [6.45, 7) is 4.26. The number of nitrogens with two attached hydrogens (primary N) is 1. The molecule has 0 saturated carbocycles. The van der Waals surface area contributed by atoms with Crippen LogP contribution in [-0.2, 0) is 11.2 Å². The molecule has 126 valence electrons. The van der Waals surface area contributed by atoms with Crippen LogP contribution in [0.2, 0.25) is 0 Å². The Bertz CT molecular complexity index is 601. The van der Waals surface area contributed by atoms with Crippen LogP contribution in [0.1, 0.15) is 43.2 Å². The maximum Gasteiger partial charge on any atom is 0.243 e. The van der Waals surface area contributed by atoms with Gasteiger partial charge in [0.25, 0.3) is 0 Å². The topological polar surface area (TPSA) is 80.9 Å². The summed E-state index contributed by atoms with van der Waals surface area (Å²) in [4.78, 5) is 12.1. The zero-order chi connectivity index (χ0) is 15.9. The Labute approximate surface area is 147 Å². The molecule has 23 heavy (non-hydrogen) atoms. The maximum absolute atomic E-state index is 12.1. The molecule has 1 amide bonds. The van der Waals surface area contributed by atoms with E-state index in [4.69, 9.17) is 5.73 Å². The summed E-state index contributed by atoms with van der Waals surface area (Å²) in [6, 6.07) is 9.14. The Balaban J connectivity index is 0.00000264. The number of benzene rings is 1. The third-order valence-electron chi connectivity index (χ3n) is 3.64. The maximum atomic E-state index is 12.1. The predicted octanol–water partition coefficient (Wildman–Crippen LogP) is 3.37. The SMILES string of the molecule is CCC(CC)c1nnc(NC(=O)C(N)Cc2ccccc2)s1.Cl. The molecule has 0 aliphatic carbocycles. The van der Waals surface area contributed by atoms with Gasteiger partial charge in [0.2, 0.25) is 11.0 Å². The zero-order valence-corrected chi connectivity index (χ0v) is 15.0. The van der Waals surface area contributed by atoms with Crippen molar-refractivity contribution in [2.75, 3.05) is 5.32 Å². The van der Waals surface area contributed by atoms with E-state index in [-0.39, 0.29) is 18.3 Å². The summed E-state index contributed by atoms with van der Waals surface area (Å²) in [5.41, 5.74) is 7.00. The van der Waals surface area contributed by atoms with E-state index in [9.17, 15) is 4.79 Å². The molecule has 2 rings (SSSR count). The number of nitrogens with zero attached hydrogens (tertiary/aromatic N) is 2. The number of carbonyl (C=O) groups excluding carboxylic acids is 1. The van der Waals surface area contributed by atoms with E-state index in [1.165, 1.54) is 11.3 Å². The molecule has 5 nitrogen and oxygen atoms in total. The van der Waals surface area contributed by atoms with Crippen LogP contribution in [-0.4, -0.2) is 22.1 Å². The van der Waals surface area contributed by atoms with Crippen molar-refractivity contribution in [2.45, 2.75) is 45.1 Å². The van der Waals surface area contributed by atoms with E-state index in [1.807, 2.05) is 30.3 Å². The summed E-state index contributed by atoms with van der Waals surface area (Å²) in [5, 5.41) is 12.5. The fraction of sp³-hybridized carbons (Fsp3) is 0.438. The van der Waals surface area contributed by atoms with Gasteiger partial charge in [0, 0.05) is 5.92 Å². The first-order valence-corrected chi connectivity index (χ1v) is 8.39. The molecule has 0 aliphatic rings. The Morgan fingerprint density at radius 3 is 2.48 bits per heavy atom. The van der Waals surface area contributed by atoms with Gasteiger partial charge in [0.1, 0.15) is 5.01 Å². The molecule has 7 heteroatoms. The number of aromatic nitrogens is 2. The van der Waals surface area contributed by atoms with Crippen LogP contribution < -0.4 is 11.1 Å². The van der Waals surface area contributed by atoms with Crippen LogP contribution in [0.5, 0.6) is 0 Å². The number of amides is 1. The monoisotopic (exact) mass is 354 g/mol. The fourth-order valence-electron chi connectivity index (χ4n) is 2.25. The predicted molar refractivity (Wildman–Crippen MR) is 97.2 cm³/mol. The lowest BCUT2D eigenvalue weighted by Gasteiger charge is -2.10. The Morgan fingerprint density at radius 2 is 1.87 bits per heavy atom. The number of hydrogen-bond acceptors (Lipinski definition) is 5. The van der Waals surface area contributed by atoms with Crippen molar-refractivity contribution in [1.82, 2.24) is 10.2 Å². The molecule has 3 N–H and O–H groups in total. The van der Waals surface area contributed by atoms with Crippen LogP contribution in [0, 0.1) is 0 Å². The molecular formula is C16H23ClN4OS. The van der Waals surface area contributed by atoms with Gasteiger partial charge < -0.3 is 5.73 Å². The van der Waals surface area contributed by atoms with Gasteiger partial charge in [0.05, 0.1) is 6.04 Å². The van der Waals surface area contributed by atoms with Crippen molar-refractivity contribution in [3.8, 4) is 0 Å². The molecular weight excluding hydrogens is 332 g/mol. The summed E-state index contributed by atoms with van der Waals surface area (Å²) in [6.07, 6.45) is 2.55. The number of nitrogens with one attached hydrogen (secondary N) is 1. The van der Waals surface area contributed by atoms with E-state index in [1.54, 1.807) is 0 Å². The van der Waals surface area contributed by atoms with Crippen molar-refractivity contribution < 1.29 is 4.79 Å². The van der Waals surface area contributed by atoms with Gasteiger partial charge in [-0.25, -0.2) is 0 Å². The molecule has 0 radical (unpaired) electrons. The highest BCUT2D eigenvalue weighted by molar-refractivity contribution is 7.15. The van der Waals surface area contributed by atoms with Crippen molar-refractivity contribution in [3.63, 3.8) is 0 Å². The number of halogens is 1. The van der Waals surface area contributed by atoms with Crippen LogP contribution in [0.15, 0.2) is 30.3 Å². The van der Waals surface area contributed by atoms with Crippen LogP contribution in [0.4, 0.5) is 5.13 Å². The lowest BCUT2D eigenvalue weighted by Crippen LogP contribution is -2.37. The fourth-order valence-corrected chi connectivity index (χ4v) is 3.26. The lowest BCUT2D eigenvalue weighted by molar-refractivity contribution is -0.117. The molecule has 0 aliphatic heterocycles. The smallest absolute Gasteiger partial charge is 0.243 e. The molecule has 1 heterocycles. The third kappa shape index (κ3) is 5.57. The second-order valence-electron chi connectivity index (χ2n) is 5.24. The Hall–Kier alpha value is -1.50. The minimum absolute atomic E-state index is 0. The molecule has 1 atom stereocenters. The summed E-state index contributed by atoms with van der Waals surface area (Å²) in [7, 11) is 0. The van der Waals surface area contributed by atoms with Gasteiger partial charge in [-0.15, -0.1) is 22.6 Å². The van der Waals surface area contributed by atoms with Crippen molar-refractivity contribution in [3.05, 3.63) is 40.9 Å². The average Bonchev–Trinajstić information content (AvgIpc) is 2.98. The molecule has 1 aromatic heterocycles. The second-order valence-corrected chi connectivity index (χ2v) is 6.25. The van der Waals surface area contributed by atoms with Gasteiger partial charge in [-0.3, -0.25) is 10.1 Å². The quantitative estimate of drug-likeness (QED) is 0.798. The highest BCUT2D eigenvalue weighted by atomic mass is 35.5. The number of rotatable bonds is 7. The van der Waals surface area contributed by atoms with Gasteiger partial charge in [-0.2, -0.15) is 0 Å². The van der Waals surface area contributed by atoms with Crippen LogP contribution >= 0.6 is 23.7 Å². The Kier molecular flexibility index (Phi) is 8.16. The first kappa shape index (κ1) is 19.5. The van der Waals surface area contributed by atoms with Gasteiger partial charge in [-0.1, -0.05) is 55.5 Å². The molecule has 0 bridgehead atoms. The summed E-state index contributed by atoms with van der Waals surface area (Å²) >= 11 is 1.43. The molecule has 0 fully saturated rings. The minimum atomic E-state index is -0.595. The zero-order valence-electron chi connectivity index (χ0n) is 13.4. The molecule has 1 aromatic carbocycles. The molecule has 1 unspecified atom stereocenters. The van der Waals surface area contributed by atoms with Crippen molar-refractivity contribution in [2.24, 2.45) is 5.73 Å². The second kappa shape index (κ2) is 9.60. The van der Waals surface area contributed by atoms with E-state index in [0.717, 1.165) is 23.4 Å². The number of anilines is 1. The van der Waals surface area contributed by atoms with E-state index >= 15 is 0 Å². The minimum Gasteiger partial charge on any atom is -0.320 e. The normalized spacial score (nSPS) is 11.8. The third-order valence-corrected chi connectivity index (χ3v) is 4.64. The first-order valence-electron chi connectivity index (χ1n) is 7.57. The Morgan fingerprint density at radius 1 is 1.22 bits per heavy atom. The van der Waals surface area contributed by atoms with E-state index in [0.29, 0.717) is 17.5 Å². The van der Waals surface area contributed by atoms with Crippen LogP contribution in [0.3, 0.4) is 0 Å². The van der Waals surface area contributed by atoms with Crippen molar-refractivity contribution in [1.29, 1.82) is 0 Å². The van der Waals surface area contributed by atoms with E-state index in [2.05, 4.69) is 29.4 Å². The van der Waals surface area contributed by atoms with Crippen molar-refractivity contribution >= 4 is 34.8 Å². The highest BCUT2D eigenvalue weighted by Gasteiger charge is 2.18. The molecule has 0 spiro atoms. The average molecular weight is 355 g/mol. The largest absolute Gasteiger partial charge is 0.320 e. The molecule has 2 aromatic rings. The number of hydrogen-bond donors (Lipinski definition) is 2. The first-order chi connectivity index (χ1) is 10.6. The highest BCUT2D eigenvalue weighted by Crippen LogP contribution is 2.28. The van der Waals surface area contributed by atoms with Crippen LogP contribution in [0.25, 0.3) is 0 Å². The van der Waals surface area contributed by atoms with Gasteiger partial charge >= 0.3 is 0 Å². The number of carbonyl (C=O) groups is 1. The lowest BCUT2D eigenvalue weighted by atomic mass is 10.1. The molecule has 0 saturated heterocycles. The van der Waals surface area contributed by atoms with E-state index < -0.39 is 6.04 Å². The standard InChI is InChI=1S/C16H22N4OS.ClH/c1-3-12(4-2)15-19-20-16(22-15)18-14(21)13(17)10-11-8-6-5-7-9-11;/h5-9,12-13H,3-4,10,17H2,1-2H3,(H,18,20,21);1H. The summed E-state index contributed by atoms with van der Waals surface area (Å²) < 4.78 is 0.